The molecule has 0 aliphatic carbocycles. The molecule has 0 aromatic rings. The van der Waals surface area contributed by atoms with Gasteiger partial charge in [0.2, 0.25) is 0 Å². The molecule has 4 heteroatoms. The van der Waals surface area contributed by atoms with Crippen LogP contribution in [0.3, 0.4) is 0 Å². The Morgan fingerprint density at radius 1 is 1.73 bits per heavy atom. The van der Waals surface area contributed by atoms with Gasteiger partial charge in [-0.2, -0.15) is 0 Å². The van der Waals surface area contributed by atoms with Crippen LogP contribution in [0.5, 0.6) is 0 Å². The molecule has 0 bridgehead atoms. The summed E-state index contributed by atoms with van der Waals surface area (Å²) in [4.78, 5) is 10.3. The molecule has 1 rings (SSSR count). The summed E-state index contributed by atoms with van der Waals surface area (Å²) in [6, 6.07) is 0. The highest BCUT2D eigenvalue weighted by atomic mass is 32.2. The number of rotatable bonds is 4. The van der Waals surface area contributed by atoms with Crippen molar-refractivity contribution < 1.29 is 13.7 Å². The molecule has 0 spiro atoms. The average molecular weight is 176 g/mol. The van der Waals surface area contributed by atoms with Crippen LogP contribution in [0, 0.1) is 0 Å². The van der Waals surface area contributed by atoms with Crippen LogP contribution in [0.4, 0.5) is 0 Å². The van der Waals surface area contributed by atoms with Crippen LogP contribution in [-0.4, -0.2) is 27.8 Å². The van der Waals surface area contributed by atoms with E-state index in [1.54, 1.807) is 0 Å². The van der Waals surface area contributed by atoms with Gasteiger partial charge in [-0.1, -0.05) is 6.92 Å². The molecule has 1 aliphatic heterocycles. The van der Waals surface area contributed by atoms with Gasteiger partial charge in [0.05, 0.1) is 6.42 Å². The van der Waals surface area contributed by atoms with E-state index in [-0.39, 0.29) is 12.1 Å². The molecule has 2 unspecified atom stereocenters. The first-order valence-corrected chi connectivity index (χ1v) is 5.25. The summed E-state index contributed by atoms with van der Waals surface area (Å²) in [5, 5.41) is 0. The lowest BCUT2D eigenvalue weighted by molar-refractivity contribution is -0.169. The number of esters is 1. The highest BCUT2D eigenvalue weighted by Gasteiger charge is 2.27. The summed E-state index contributed by atoms with van der Waals surface area (Å²) < 4.78 is 15.7. The van der Waals surface area contributed by atoms with Gasteiger partial charge < -0.3 is 4.74 Å². The van der Waals surface area contributed by atoms with Crippen LogP contribution in [0.1, 0.15) is 19.8 Å². The van der Waals surface area contributed by atoms with Crippen molar-refractivity contribution in [2.24, 2.45) is 0 Å². The summed E-state index contributed by atoms with van der Waals surface area (Å²) in [6.45, 7) is 1.89. The van der Waals surface area contributed by atoms with Crippen LogP contribution in [0.15, 0.2) is 0 Å². The Bertz CT molecular complexity index is 171. The van der Waals surface area contributed by atoms with Crippen molar-refractivity contribution in [1.82, 2.24) is 0 Å². The molecule has 2 atom stereocenters. The lowest BCUT2D eigenvalue weighted by Gasteiger charge is -2.24. The molecule has 0 aromatic carbocycles. The van der Waals surface area contributed by atoms with Crippen molar-refractivity contribution in [3.8, 4) is 0 Å². The summed E-state index contributed by atoms with van der Waals surface area (Å²) in [7, 11) is -0.718. The van der Waals surface area contributed by atoms with Crippen molar-refractivity contribution >= 4 is 16.8 Å². The first kappa shape index (κ1) is 8.71. The van der Waals surface area contributed by atoms with Gasteiger partial charge in [-0.15, -0.1) is 0 Å². The fraction of sp³-hybridized carbons (Fsp3) is 0.857. The van der Waals surface area contributed by atoms with E-state index >= 15 is 0 Å². The van der Waals surface area contributed by atoms with Gasteiger partial charge in [0, 0.05) is 22.3 Å². The van der Waals surface area contributed by atoms with Gasteiger partial charge in [-0.3, -0.25) is 9.00 Å². The Morgan fingerprint density at radius 3 is 2.82 bits per heavy atom. The molecular formula is C7H12O3S. The fourth-order valence-corrected chi connectivity index (χ4v) is 1.74. The van der Waals surface area contributed by atoms with E-state index in [9.17, 15) is 9.00 Å². The second kappa shape index (κ2) is 3.85. The largest absolute Gasteiger partial charge is 0.462 e. The number of hydrogen-bond donors (Lipinski definition) is 0. The minimum atomic E-state index is -0.718. The van der Waals surface area contributed by atoms with Crippen molar-refractivity contribution in [2.75, 3.05) is 11.5 Å². The normalized spacial score (nSPS) is 25.5. The van der Waals surface area contributed by atoms with E-state index in [0.717, 1.165) is 6.42 Å². The van der Waals surface area contributed by atoms with E-state index in [1.807, 2.05) is 6.92 Å². The Hall–Kier alpha value is -0.380. The maximum atomic E-state index is 10.9. The van der Waals surface area contributed by atoms with Gasteiger partial charge in [-0.05, 0) is 6.42 Å². The van der Waals surface area contributed by atoms with E-state index in [4.69, 9.17) is 4.74 Å². The molecule has 1 saturated heterocycles. The predicted molar refractivity (Wildman–Crippen MR) is 42.7 cm³/mol. The van der Waals surface area contributed by atoms with Gasteiger partial charge in [0.1, 0.15) is 6.10 Å². The summed E-state index contributed by atoms with van der Waals surface area (Å²) in [6.07, 6.45) is 1.32. The number of carbonyl (C=O) groups is 1. The number of ether oxygens (including phenoxy) is 1. The SMILES string of the molecule is CCS(=O)CCC1CC(=O)O1. The van der Waals surface area contributed by atoms with Crippen LogP contribution in [0.25, 0.3) is 0 Å². The van der Waals surface area contributed by atoms with Crippen molar-refractivity contribution in [3.63, 3.8) is 0 Å². The van der Waals surface area contributed by atoms with Crippen LogP contribution < -0.4 is 0 Å². The van der Waals surface area contributed by atoms with Crippen LogP contribution in [-0.2, 0) is 20.3 Å². The van der Waals surface area contributed by atoms with Crippen LogP contribution in [0.2, 0.25) is 0 Å². The topological polar surface area (TPSA) is 43.4 Å². The minimum absolute atomic E-state index is 0.0537. The fourth-order valence-electron chi connectivity index (χ4n) is 0.930. The van der Waals surface area contributed by atoms with Gasteiger partial charge in [0.25, 0.3) is 0 Å². The molecule has 1 aliphatic rings. The molecular weight excluding hydrogens is 164 g/mol. The average Bonchev–Trinajstić information content (AvgIpc) is 1.95. The zero-order valence-electron chi connectivity index (χ0n) is 6.54. The van der Waals surface area contributed by atoms with E-state index in [1.165, 1.54) is 0 Å². The molecule has 0 amide bonds. The van der Waals surface area contributed by atoms with Gasteiger partial charge in [0.15, 0.2) is 0 Å². The molecule has 3 nitrogen and oxygen atoms in total. The standard InChI is InChI=1S/C7H12O3S/c1-2-11(9)4-3-6-5-7(8)10-6/h6H,2-5H2,1H3. The minimum Gasteiger partial charge on any atom is -0.462 e. The second-order valence-electron chi connectivity index (χ2n) is 2.54. The lowest BCUT2D eigenvalue weighted by atomic mass is 10.1. The quantitative estimate of drug-likeness (QED) is 0.584. The maximum absolute atomic E-state index is 10.9. The first-order valence-electron chi connectivity index (χ1n) is 3.77. The van der Waals surface area contributed by atoms with Crippen molar-refractivity contribution in [3.05, 3.63) is 0 Å². The second-order valence-corrected chi connectivity index (χ2v) is 4.40. The number of hydrogen-bond acceptors (Lipinski definition) is 3. The third-order valence-electron chi connectivity index (χ3n) is 1.68. The number of cyclic esters (lactones) is 1. The molecule has 0 N–H and O–H groups in total. The van der Waals surface area contributed by atoms with E-state index in [0.29, 0.717) is 17.9 Å². The van der Waals surface area contributed by atoms with Crippen molar-refractivity contribution in [1.29, 1.82) is 0 Å². The molecule has 11 heavy (non-hydrogen) atoms. The Kier molecular flexibility index (Phi) is 3.05. The van der Waals surface area contributed by atoms with Gasteiger partial charge >= 0.3 is 5.97 Å². The first-order chi connectivity index (χ1) is 5.22. The molecule has 0 saturated carbocycles. The number of carbonyl (C=O) groups excluding carboxylic acids is 1. The molecule has 0 aromatic heterocycles. The zero-order chi connectivity index (χ0) is 8.27. The van der Waals surface area contributed by atoms with Crippen molar-refractivity contribution in [2.45, 2.75) is 25.9 Å². The third-order valence-corrected chi connectivity index (χ3v) is 3.02. The summed E-state index contributed by atoms with van der Waals surface area (Å²) in [5.41, 5.74) is 0. The molecule has 1 fully saturated rings. The molecule has 64 valence electrons. The molecule has 1 heterocycles. The Balaban J connectivity index is 2.04. The smallest absolute Gasteiger partial charge is 0.309 e. The maximum Gasteiger partial charge on any atom is 0.309 e. The highest BCUT2D eigenvalue weighted by molar-refractivity contribution is 7.84. The summed E-state index contributed by atoms with van der Waals surface area (Å²) in [5.74, 6) is 1.23. The van der Waals surface area contributed by atoms with E-state index in [2.05, 4.69) is 0 Å². The Morgan fingerprint density at radius 2 is 2.36 bits per heavy atom. The van der Waals surface area contributed by atoms with Gasteiger partial charge in [-0.25, -0.2) is 0 Å². The lowest BCUT2D eigenvalue weighted by Crippen LogP contribution is -2.33. The van der Waals surface area contributed by atoms with E-state index < -0.39 is 10.8 Å². The summed E-state index contributed by atoms with van der Waals surface area (Å²) >= 11 is 0. The molecule has 0 radical (unpaired) electrons. The zero-order valence-corrected chi connectivity index (χ0v) is 7.36. The highest BCUT2D eigenvalue weighted by Crippen LogP contribution is 2.16. The Labute approximate surface area is 68.6 Å². The third kappa shape index (κ3) is 2.61. The van der Waals surface area contributed by atoms with Crippen LogP contribution >= 0.6 is 0 Å². The predicted octanol–water partition coefficient (Wildman–Crippen LogP) is 0.461. The monoisotopic (exact) mass is 176 g/mol.